The van der Waals surface area contributed by atoms with Crippen LogP contribution >= 0.6 is 0 Å². The molecule has 0 saturated heterocycles. The highest BCUT2D eigenvalue weighted by Gasteiger charge is 2.06. The fourth-order valence-corrected chi connectivity index (χ4v) is 2.57. The lowest BCUT2D eigenvalue weighted by atomic mass is 10.1. The van der Waals surface area contributed by atoms with Crippen LogP contribution in [0.25, 0.3) is 11.0 Å². The molecule has 2 aromatic heterocycles. The second-order valence-corrected chi connectivity index (χ2v) is 5.63. The second-order valence-electron chi connectivity index (χ2n) is 5.63. The molecular weight excluding hydrogens is 262 g/mol. The normalized spacial score (nSPS) is 11.1. The first-order valence-corrected chi connectivity index (χ1v) is 8.19. The average Bonchev–Trinajstić information content (AvgIpc) is 2.88. The minimum atomic E-state index is 0.878. The van der Waals surface area contributed by atoms with Crippen molar-refractivity contribution in [2.45, 2.75) is 58.3 Å². The summed E-state index contributed by atoms with van der Waals surface area (Å²) in [5, 5.41) is 8.63. The summed E-state index contributed by atoms with van der Waals surface area (Å²) in [6.45, 7) is 3.23. The Morgan fingerprint density at radius 3 is 2.48 bits per heavy atom. The van der Waals surface area contributed by atoms with Crippen LogP contribution in [0, 0.1) is 0 Å². The van der Waals surface area contributed by atoms with Gasteiger partial charge in [-0.15, -0.1) is 0 Å². The van der Waals surface area contributed by atoms with Crippen LogP contribution < -0.4 is 5.32 Å². The molecular formula is C16H27N5. The van der Waals surface area contributed by atoms with Gasteiger partial charge in [0.15, 0.2) is 5.65 Å². The van der Waals surface area contributed by atoms with Crippen molar-refractivity contribution in [1.82, 2.24) is 19.7 Å². The van der Waals surface area contributed by atoms with E-state index in [1.165, 1.54) is 51.4 Å². The molecule has 2 rings (SSSR count). The lowest BCUT2D eigenvalue weighted by Gasteiger charge is -2.06. The molecule has 1 N–H and O–H groups in total. The summed E-state index contributed by atoms with van der Waals surface area (Å²) in [4.78, 5) is 8.56. The third-order valence-corrected chi connectivity index (χ3v) is 3.85. The van der Waals surface area contributed by atoms with E-state index in [0.717, 1.165) is 23.4 Å². The molecule has 2 aromatic rings. The summed E-state index contributed by atoms with van der Waals surface area (Å²) in [6, 6.07) is 0. The van der Waals surface area contributed by atoms with Gasteiger partial charge in [-0.25, -0.2) is 9.97 Å². The summed E-state index contributed by atoms with van der Waals surface area (Å²) >= 11 is 0. The lowest BCUT2D eigenvalue weighted by molar-refractivity contribution is 0.581. The average molecular weight is 289 g/mol. The van der Waals surface area contributed by atoms with Crippen molar-refractivity contribution in [3.63, 3.8) is 0 Å². The third-order valence-electron chi connectivity index (χ3n) is 3.85. The number of fused-ring (bicyclic) bond motifs is 1. The van der Waals surface area contributed by atoms with E-state index in [2.05, 4.69) is 27.3 Å². The summed E-state index contributed by atoms with van der Waals surface area (Å²) in [6.07, 6.45) is 14.1. The van der Waals surface area contributed by atoms with E-state index in [-0.39, 0.29) is 0 Å². The Hall–Kier alpha value is -1.65. The Bertz CT molecular complexity index is 534. The molecule has 0 aromatic carbocycles. The van der Waals surface area contributed by atoms with Gasteiger partial charge in [-0.1, -0.05) is 51.9 Å². The van der Waals surface area contributed by atoms with Crippen molar-refractivity contribution in [3.05, 3.63) is 12.5 Å². The van der Waals surface area contributed by atoms with E-state index in [1.807, 2.05) is 13.2 Å². The Morgan fingerprint density at radius 2 is 1.71 bits per heavy atom. The Morgan fingerprint density at radius 1 is 1.00 bits per heavy atom. The Kier molecular flexibility index (Phi) is 6.44. The van der Waals surface area contributed by atoms with Crippen molar-refractivity contribution in [2.24, 2.45) is 7.05 Å². The Balaban J connectivity index is 1.64. The van der Waals surface area contributed by atoms with E-state index in [9.17, 15) is 0 Å². The third kappa shape index (κ3) is 4.69. The molecule has 0 atom stereocenters. The first-order valence-electron chi connectivity index (χ1n) is 8.19. The number of hydrogen-bond acceptors (Lipinski definition) is 4. The zero-order valence-corrected chi connectivity index (χ0v) is 13.3. The zero-order valence-electron chi connectivity index (χ0n) is 13.3. The molecule has 0 fully saturated rings. The molecule has 0 radical (unpaired) electrons. The number of aromatic nitrogens is 4. The highest BCUT2D eigenvalue weighted by molar-refractivity contribution is 5.85. The van der Waals surface area contributed by atoms with Crippen molar-refractivity contribution >= 4 is 16.9 Å². The maximum absolute atomic E-state index is 4.31. The highest BCUT2D eigenvalue weighted by Crippen LogP contribution is 2.17. The molecule has 21 heavy (non-hydrogen) atoms. The van der Waals surface area contributed by atoms with Gasteiger partial charge in [0, 0.05) is 13.6 Å². The van der Waals surface area contributed by atoms with Crippen LogP contribution in [0.4, 0.5) is 5.82 Å². The SMILES string of the molecule is CCCCCCCCCCNc1ncnc2c1cnn2C. The number of aryl methyl sites for hydroxylation is 1. The predicted molar refractivity (Wildman–Crippen MR) is 87.4 cm³/mol. The number of nitrogens with one attached hydrogen (secondary N) is 1. The topological polar surface area (TPSA) is 55.6 Å². The van der Waals surface area contributed by atoms with E-state index in [0.29, 0.717) is 0 Å². The van der Waals surface area contributed by atoms with Crippen LogP contribution in [0.3, 0.4) is 0 Å². The highest BCUT2D eigenvalue weighted by atomic mass is 15.3. The largest absolute Gasteiger partial charge is 0.369 e. The summed E-state index contributed by atoms with van der Waals surface area (Å²) in [5.41, 5.74) is 0.878. The van der Waals surface area contributed by atoms with Gasteiger partial charge in [0.2, 0.25) is 0 Å². The van der Waals surface area contributed by atoms with Crippen LogP contribution in [0.15, 0.2) is 12.5 Å². The van der Waals surface area contributed by atoms with Crippen molar-refractivity contribution in [3.8, 4) is 0 Å². The zero-order chi connectivity index (χ0) is 14.9. The summed E-state index contributed by atoms with van der Waals surface area (Å²) < 4.78 is 1.78. The van der Waals surface area contributed by atoms with Crippen LogP contribution in [0.2, 0.25) is 0 Å². The van der Waals surface area contributed by atoms with Gasteiger partial charge in [-0.3, -0.25) is 4.68 Å². The minimum Gasteiger partial charge on any atom is -0.369 e. The molecule has 0 aliphatic carbocycles. The van der Waals surface area contributed by atoms with E-state index in [4.69, 9.17) is 0 Å². The van der Waals surface area contributed by atoms with E-state index in [1.54, 1.807) is 11.0 Å². The fourth-order valence-electron chi connectivity index (χ4n) is 2.57. The first-order chi connectivity index (χ1) is 10.3. The number of anilines is 1. The van der Waals surface area contributed by atoms with Crippen LogP contribution in [0.5, 0.6) is 0 Å². The number of nitrogens with zero attached hydrogens (tertiary/aromatic N) is 4. The quantitative estimate of drug-likeness (QED) is 0.674. The van der Waals surface area contributed by atoms with Gasteiger partial charge in [0.1, 0.15) is 12.1 Å². The molecule has 0 unspecified atom stereocenters. The lowest BCUT2D eigenvalue weighted by Crippen LogP contribution is -2.04. The van der Waals surface area contributed by atoms with Gasteiger partial charge >= 0.3 is 0 Å². The maximum Gasteiger partial charge on any atom is 0.163 e. The smallest absolute Gasteiger partial charge is 0.163 e. The monoisotopic (exact) mass is 289 g/mol. The fraction of sp³-hybridized carbons (Fsp3) is 0.688. The second kappa shape index (κ2) is 8.60. The number of hydrogen-bond donors (Lipinski definition) is 1. The maximum atomic E-state index is 4.31. The molecule has 0 spiro atoms. The predicted octanol–water partition coefficient (Wildman–Crippen LogP) is 3.92. The van der Waals surface area contributed by atoms with Crippen molar-refractivity contribution < 1.29 is 0 Å². The van der Waals surface area contributed by atoms with Gasteiger partial charge in [-0.2, -0.15) is 5.10 Å². The first kappa shape index (κ1) is 15.7. The van der Waals surface area contributed by atoms with Gasteiger partial charge in [0.05, 0.1) is 11.6 Å². The van der Waals surface area contributed by atoms with Crippen LogP contribution in [-0.2, 0) is 7.05 Å². The number of unbranched alkanes of at least 4 members (excludes halogenated alkanes) is 7. The Labute approximate surface area is 127 Å². The van der Waals surface area contributed by atoms with Crippen LogP contribution in [0.1, 0.15) is 58.3 Å². The number of rotatable bonds is 10. The summed E-state index contributed by atoms with van der Waals surface area (Å²) in [5.74, 6) is 0.899. The van der Waals surface area contributed by atoms with Crippen molar-refractivity contribution in [1.29, 1.82) is 0 Å². The van der Waals surface area contributed by atoms with E-state index < -0.39 is 0 Å². The molecule has 116 valence electrons. The molecule has 0 saturated carbocycles. The standard InChI is InChI=1S/C16H27N5/c1-3-4-5-6-7-8-9-10-11-17-15-14-12-20-21(2)16(14)19-13-18-15/h12-13H,3-11H2,1-2H3,(H,17,18,19). The summed E-state index contributed by atoms with van der Waals surface area (Å²) in [7, 11) is 1.90. The minimum absolute atomic E-state index is 0.878. The molecule has 0 amide bonds. The molecule has 2 heterocycles. The van der Waals surface area contributed by atoms with Gasteiger partial charge in [0.25, 0.3) is 0 Å². The van der Waals surface area contributed by atoms with E-state index >= 15 is 0 Å². The van der Waals surface area contributed by atoms with Gasteiger partial charge < -0.3 is 5.32 Å². The van der Waals surface area contributed by atoms with Crippen LogP contribution in [-0.4, -0.2) is 26.3 Å². The van der Waals surface area contributed by atoms with Crippen molar-refractivity contribution in [2.75, 3.05) is 11.9 Å². The molecule has 0 aliphatic heterocycles. The molecule has 0 aliphatic rings. The molecule has 5 nitrogen and oxygen atoms in total. The molecule has 0 bridgehead atoms. The van der Waals surface area contributed by atoms with Gasteiger partial charge in [-0.05, 0) is 6.42 Å². The molecule has 5 heteroatoms.